The van der Waals surface area contributed by atoms with Crippen LogP contribution in [0.25, 0.3) is 0 Å². The summed E-state index contributed by atoms with van der Waals surface area (Å²) in [6.45, 7) is 1.61. The summed E-state index contributed by atoms with van der Waals surface area (Å²) in [5, 5.41) is 8.95. The van der Waals surface area contributed by atoms with E-state index >= 15 is 0 Å². The fraction of sp³-hybridized carbons (Fsp3) is 0.0870. The van der Waals surface area contributed by atoms with Gasteiger partial charge in [0.15, 0.2) is 0 Å². The van der Waals surface area contributed by atoms with Crippen molar-refractivity contribution in [2.24, 2.45) is 0 Å². The van der Waals surface area contributed by atoms with E-state index in [9.17, 15) is 4.79 Å². The Bertz CT molecular complexity index is 845. The van der Waals surface area contributed by atoms with E-state index in [-0.39, 0.29) is 0 Å². The van der Waals surface area contributed by atoms with Crippen molar-refractivity contribution in [1.29, 1.82) is 0 Å². The molecule has 0 aromatic heterocycles. The number of anilines is 3. The maximum Gasteiger partial charge on any atom is 0.330 e. The van der Waals surface area contributed by atoms with Crippen LogP contribution in [-0.4, -0.2) is 11.1 Å². The predicted molar refractivity (Wildman–Crippen MR) is 106 cm³/mol. The van der Waals surface area contributed by atoms with Gasteiger partial charge in [-0.15, -0.1) is 0 Å². The molecule has 0 heterocycles. The number of carboxylic acid groups (broad SMARTS) is 1. The highest BCUT2D eigenvalue weighted by molar-refractivity contribution is 5.85. The van der Waals surface area contributed by atoms with E-state index in [1.54, 1.807) is 13.0 Å². The highest BCUT2D eigenvalue weighted by Gasteiger charge is 2.11. The Kier molecular flexibility index (Phi) is 5.49. The fourth-order valence-electron chi connectivity index (χ4n) is 2.74. The second kappa shape index (κ2) is 8.17. The van der Waals surface area contributed by atoms with E-state index < -0.39 is 5.97 Å². The first-order valence-electron chi connectivity index (χ1n) is 8.54. The van der Waals surface area contributed by atoms with E-state index in [2.05, 4.69) is 41.3 Å². The number of allylic oxidation sites excluding steroid dienone is 1. The minimum Gasteiger partial charge on any atom is -0.478 e. The van der Waals surface area contributed by atoms with E-state index in [4.69, 9.17) is 5.11 Å². The van der Waals surface area contributed by atoms with Gasteiger partial charge in [-0.05, 0) is 55.3 Å². The molecule has 3 aromatic carbocycles. The summed E-state index contributed by atoms with van der Waals surface area (Å²) in [4.78, 5) is 13.1. The lowest BCUT2D eigenvalue weighted by atomic mass is 10.1. The van der Waals surface area contributed by atoms with Crippen molar-refractivity contribution in [3.63, 3.8) is 0 Å². The first-order valence-corrected chi connectivity index (χ1v) is 8.54. The van der Waals surface area contributed by atoms with Crippen molar-refractivity contribution in [1.82, 2.24) is 0 Å². The van der Waals surface area contributed by atoms with Crippen molar-refractivity contribution in [2.75, 3.05) is 4.90 Å². The molecule has 26 heavy (non-hydrogen) atoms. The summed E-state index contributed by atoms with van der Waals surface area (Å²) in [5.74, 6) is -0.874. The van der Waals surface area contributed by atoms with Crippen molar-refractivity contribution in [2.45, 2.75) is 13.3 Å². The second-order valence-corrected chi connectivity index (χ2v) is 6.07. The van der Waals surface area contributed by atoms with Gasteiger partial charge in [-0.1, -0.05) is 54.6 Å². The van der Waals surface area contributed by atoms with Crippen LogP contribution in [0.5, 0.6) is 0 Å². The lowest BCUT2D eigenvalue weighted by molar-refractivity contribution is -0.132. The third-order valence-corrected chi connectivity index (χ3v) is 4.20. The van der Waals surface area contributed by atoms with Gasteiger partial charge < -0.3 is 10.0 Å². The summed E-state index contributed by atoms with van der Waals surface area (Å²) in [7, 11) is 0. The third-order valence-electron chi connectivity index (χ3n) is 4.20. The summed E-state index contributed by atoms with van der Waals surface area (Å²) in [6, 6.07) is 28.7. The Balaban J connectivity index is 1.91. The van der Waals surface area contributed by atoms with Crippen molar-refractivity contribution >= 4 is 23.0 Å². The van der Waals surface area contributed by atoms with Gasteiger partial charge in [0.25, 0.3) is 0 Å². The van der Waals surface area contributed by atoms with Gasteiger partial charge in [0.05, 0.1) is 0 Å². The van der Waals surface area contributed by atoms with Gasteiger partial charge in [-0.25, -0.2) is 4.79 Å². The monoisotopic (exact) mass is 343 g/mol. The molecule has 0 saturated carbocycles. The van der Waals surface area contributed by atoms with Crippen LogP contribution < -0.4 is 4.90 Å². The zero-order chi connectivity index (χ0) is 18.4. The van der Waals surface area contributed by atoms with Crippen molar-refractivity contribution in [3.05, 3.63) is 102 Å². The second-order valence-electron chi connectivity index (χ2n) is 6.07. The number of para-hydroxylation sites is 2. The van der Waals surface area contributed by atoms with Gasteiger partial charge in [-0.3, -0.25) is 0 Å². The average molecular weight is 343 g/mol. The Hall–Kier alpha value is -3.33. The Morgan fingerprint density at radius 3 is 1.73 bits per heavy atom. The number of aliphatic carboxylic acids is 1. The minimum atomic E-state index is -0.874. The molecule has 0 bridgehead atoms. The van der Waals surface area contributed by atoms with E-state index in [1.165, 1.54) is 0 Å². The van der Waals surface area contributed by atoms with E-state index in [1.807, 2.05) is 48.5 Å². The zero-order valence-corrected chi connectivity index (χ0v) is 14.7. The maximum atomic E-state index is 10.9. The molecule has 0 spiro atoms. The molecule has 130 valence electrons. The quantitative estimate of drug-likeness (QED) is 0.581. The largest absolute Gasteiger partial charge is 0.478 e. The molecular formula is C23H21NO2. The van der Waals surface area contributed by atoms with E-state index in [0.717, 1.165) is 22.6 Å². The predicted octanol–water partition coefficient (Wildman–Crippen LogP) is 5.73. The Morgan fingerprint density at radius 2 is 1.27 bits per heavy atom. The molecule has 0 amide bonds. The van der Waals surface area contributed by atoms with Gasteiger partial charge >= 0.3 is 5.97 Å². The first-order chi connectivity index (χ1) is 12.6. The minimum absolute atomic E-state index is 0.365. The van der Waals surface area contributed by atoms with Crippen LogP contribution in [0, 0.1) is 0 Å². The average Bonchev–Trinajstić information content (AvgIpc) is 2.69. The molecule has 3 aromatic rings. The topological polar surface area (TPSA) is 40.5 Å². The molecule has 0 saturated heterocycles. The normalized spacial score (nSPS) is 11.2. The molecule has 0 aliphatic carbocycles. The summed E-state index contributed by atoms with van der Waals surface area (Å²) in [6.07, 6.45) is 2.35. The van der Waals surface area contributed by atoms with Crippen LogP contribution in [-0.2, 0) is 11.2 Å². The number of benzene rings is 3. The molecule has 0 unspecified atom stereocenters. The van der Waals surface area contributed by atoms with Gasteiger partial charge in [0, 0.05) is 22.6 Å². The summed E-state index contributed by atoms with van der Waals surface area (Å²) < 4.78 is 0. The molecular weight excluding hydrogens is 322 g/mol. The fourth-order valence-corrected chi connectivity index (χ4v) is 2.74. The lowest BCUT2D eigenvalue weighted by Crippen LogP contribution is -2.09. The van der Waals surface area contributed by atoms with Gasteiger partial charge in [0.1, 0.15) is 0 Å². The standard InChI is InChI=1S/C23H21NO2/c1-18(23(25)26)12-13-19-14-16-22(17-15-19)24(20-8-4-2-5-9-20)21-10-6-3-7-11-21/h2-12,14-17H,13H2,1H3,(H,25,26). The van der Waals surface area contributed by atoms with Crippen LogP contribution >= 0.6 is 0 Å². The smallest absolute Gasteiger partial charge is 0.330 e. The van der Waals surface area contributed by atoms with Gasteiger partial charge in [-0.2, -0.15) is 0 Å². The number of hydrogen-bond acceptors (Lipinski definition) is 2. The van der Waals surface area contributed by atoms with Gasteiger partial charge in [0.2, 0.25) is 0 Å². The molecule has 0 aliphatic rings. The zero-order valence-electron chi connectivity index (χ0n) is 14.7. The third kappa shape index (κ3) is 4.19. The molecule has 0 radical (unpaired) electrons. The van der Waals surface area contributed by atoms with E-state index in [0.29, 0.717) is 12.0 Å². The molecule has 0 aliphatic heterocycles. The number of rotatable bonds is 6. The highest BCUT2D eigenvalue weighted by Crippen LogP contribution is 2.34. The molecule has 3 rings (SSSR count). The maximum absolute atomic E-state index is 10.9. The molecule has 0 fully saturated rings. The van der Waals surface area contributed by atoms with Crippen LogP contribution in [0.3, 0.4) is 0 Å². The number of carbonyl (C=O) groups is 1. The molecule has 0 atom stereocenters. The molecule has 3 nitrogen and oxygen atoms in total. The molecule has 1 N–H and O–H groups in total. The van der Waals surface area contributed by atoms with Crippen LogP contribution in [0.4, 0.5) is 17.1 Å². The number of nitrogens with zero attached hydrogens (tertiary/aromatic N) is 1. The molecule has 3 heteroatoms. The summed E-state index contributed by atoms with van der Waals surface area (Å²) in [5.41, 5.74) is 4.69. The highest BCUT2D eigenvalue weighted by atomic mass is 16.4. The van der Waals surface area contributed by atoms with Crippen molar-refractivity contribution in [3.8, 4) is 0 Å². The van der Waals surface area contributed by atoms with Crippen LogP contribution in [0.1, 0.15) is 12.5 Å². The van der Waals surface area contributed by atoms with Crippen LogP contribution in [0.15, 0.2) is 96.6 Å². The first kappa shape index (κ1) is 17.5. The number of hydrogen-bond donors (Lipinski definition) is 1. The lowest BCUT2D eigenvalue weighted by Gasteiger charge is -2.25. The Labute approximate surface area is 153 Å². The summed E-state index contributed by atoms with van der Waals surface area (Å²) >= 11 is 0. The number of carboxylic acids is 1. The van der Waals surface area contributed by atoms with Crippen LogP contribution in [0.2, 0.25) is 0 Å². The Morgan fingerprint density at radius 1 is 0.808 bits per heavy atom. The SMILES string of the molecule is CC(=CCc1ccc(N(c2ccccc2)c2ccccc2)cc1)C(=O)O. The van der Waals surface area contributed by atoms with Crippen molar-refractivity contribution < 1.29 is 9.90 Å².